The highest BCUT2D eigenvalue weighted by Gasteiger charge is 2.09. The number of halogens is 3. The fraction of sp³-hybridized carbons (Fsp3) is 0.143. The molecular formula is C14H12BrClFNO. The summed E-state index contributed by atoms with van der Waals surface area (Å²) in [5.41, 5.74) is 7.28. The zero-order valence-electron chi connectivity index (χ0n) is 10.00. The summed E-state index contributed by atoms with van der Waals surface area (Å²) in [5, 5.41) is 0.348. The van der Waals surface area contributed by atoms with Gasteiger partial charge in [-0.3, -0.25) is 0 Å². The smallest absolute Gasteiger partial charge is 0.138 e. The van der Waals surface area contributed by atoms with Crippen molar-refractivity contribution in [3.05, 3.63) is 62.8 Å². The Hall–Kier alpha value is -1.10. The van der Waals surface area contributed by atoms with Gasteiger partial charge in [-0.25, -0.2) is 4.39 Å². The molecule has 0 atom stereocenters. The van der Waals surface area contributed by atoms with Gasteiger partial charge in [0.2, 0.25) is 0 Å². The van der Waals surface area contributed by atoms with E-state index in [4.69, 9.17) is 22.1 Å². The van der Waals surface area contributed by atoms with Crippen molar-refractivity contribution in [3.8, 4) is 5.75 Å². The van der Waals surface area contributed by atoms with Gasteiger partial charge in [0, 0.05) is 17.7 Å². The summed E-state index contributed by atoms with van der Waals surface area (Å²) in [5.74, 6) is 0.322. The van der Waals surface area contributed by atoms with Crippen molar-refractivity contribution in [2.45, 2.75) is 13.2 Å². The van der Waals surface area contributed by atoms with Crippen LogP contribution in [-0.4, -0.2) is 0 Å². The van der Waals surface area contributed by atoms with Gasteiger partial charge < -0.3 is 10.5 Å². The molecular weight excluding hydrogens is 333 g/mol. The first-order valence-corrected chi connectivity index (χ1v) is 6.83. The molecule has 0 aliphatic carbocycles. The predicted octanol–water partition coefficient (Wildman–Crippen LogP) is 4.28. The van der Waals surface area contributed by atoms with Crippen LogP contribution in [0.5, 0.6) is 5.75 Å². The first kappa shape index (κ1) is 14.3. The van der Waals surface area contributed by atoms with E-state index in [0.717, 1.165) is 15.6 Å². The SMILES string of the molecule is NCc1cccc(Br)c1OCc1ccc(F)cc1Cl. The van der Waals surface area contributed by atoms with Crippen LogP contribution >= 0.6 is 27.5 Å². The summed E-state index contributed by atoms with van der Waals surface area (Å²) in [4.78, 5) is 0. The summed E-state index contributed by atoms with van der Waals surface area (Å²) in [6.07, 6.45) is 0. The maximum atomic E-state index is 12.9. The summed E-state index contributed by atoms with van der Waals surface area (Å²) >= 11 is 9.37. The van der Waals surface area contributed by atoms with Crippen molar-refractivity contribution in [2.24, 2.45) is 5.73 Å². The molecule has 0 aromatic heterocycles. The zero-order chi connectivity index (χ0) is 13.8. The average Bonchev–Trinajstić information content (AvgIpc) is 2.39. The quantitative estimate of drug-likeness (QED) is 0.898. The Morgan fingerprint density at radius 3 is 2.68 bits per heavy atom. The zero-order valence-corrected chi connectivity index (χ0v) is 12.3. The lowest BCUT2D eigenvalue weighted by Gasteiger charge is -2.13. The molecule has 2 aromatic carbocycles. The fourth-order valence-corrected chi connectivity index (χ4v) is 2.41. The van der Waals surface area contributed by atoms with Crippen LogP contribution in [0.15, 0.2) is 40.9 Å². The summed E-state index contributed by atoms with van der Waals surface area (Å²) in [6.45, 7) is 0.640. The lowest BCUT2D eigenvalue weighted by Crippen LogP contribution is -2.03. The van der Waals surface area contributed by atoms with Crippen molar-refractivity contribution in [3.63, 3.8) is 0 Å². The molecule has 2 rings (SSSR count). The number of hydrogen-bond donors (Lipinski definition) is 1. The number of benzene rings is 2. The second kappa shape index (κ2) is 6.37. The Kier molecular flexibility index (Phi) is 4.80. The molecule has 0 heterocycles. The minimum absolute atomic E-state index is 0.259. The second-order valence-electron chi connectivity index (χ2n) is 3.96. The third-order valence-electron chi connectivity index (χ3n) is 2.66. The Morgan fingerprint density at radius 1 is 1.21 bits per heavy atom. The molecule has 0 radical (unpaired) electrons. The lowest BCUT2D eigenvalue weighted by atomic mass is 10.2. The number of para-hydroxylation sites is 1. The average molecular weight is 345 g/mol. The van der Waals surface area contributed by atoms with Gasteiger partial charge in [-0.1, -0.05) is 29.8 Å². The molecule has 5 heteroatoms. The molecule has 0 spiro atoms. The third-order valence-corrected chi connectivity index (χ3v) is 3.63. The Labute approximate surface area is 124 Å². The van der Waals surface area contributed by atoms with Crippen LogP contribution in [0.3, 0.4) is 0 Å². The van der Waals surface area contributed by atoms with Crippen LogP contribution in [0.2, 0.25) is 5.02 Å². The normalized spacial score (nSPS) is 10.5. The molecule has 2 nitrogen and oxygen atoms in total. The molecule has 0 unspecified atom stereocenters. The molecule has 0 fully saturated rings. The number of nitrogens with two attached hydrogens (primary N) is 1. The maximum absolute atomic E-state index is 12.9. The first-order chi connectivity index (χ1) is 9.11. The summed E-state index contributed by atoms with van der Waals surface area (Å²) in [7, 11) is 0. The highest BCUT2D eigenvalue weighted by atomic mass is 79.9. The van der Waals surface area contributed by atoms with Gasteiger partial charge in [-0.05, 0) is 34.1 Å². The second-order valence-corrected chi connectivity index (χ2v) is 5.22. The lowest BCUT2D eigenvalue weighted by molar-refractivity contribution is 0.301. The van der Waals surface area contributed by atoms with E-state index in [-0.39, 0.29) is 12.4 Å². The van der Waals surface area contributed by atoms with Gasteiger partial charge in [-0.2, -0.15) is 0 Å². The first-order valence-electron chi connectivity index (χ1n) is 5.66. The molecule has 0 saturated heterocycles. The minimum atomic E-state index is -0.364. The topological polar surface area (TPSA) is 35.2 Å². The summed E-state index contributed by atoms with van der Waals surface area (Å²) < 4.78 is 19.5. The van der Waals surface area contributed by atoms with E-state index in [0.29, 0.717) is 17.3 Å². The molecule has 0 saturated carbocycles. The van der Waals surface area contributed by atoms with E-state index in [9.17, 15) is 4.39 Å². The van der Waals surface area contributed by atoms with Crippen LogP contribution < -0.4 is 10.5 Å². The van der Waals surface area contributed by atoms with Crippen LogP contribution in [0.1, 0.15) is 11.1 Å². The molecule has 19 heavy (non-hydrogen) atoms. The van der Waals surface area contributed by atoms with Crippen molar-refractivity contribution in [2.75, 3.05) is 0 Å². The number of hydrogen-bond acceptors (Lipinski definition) is 2. The molecule has 0 amide bonds. The fourth-order valence-electron chi connectivity index (χ4n) is 1.66. The van der Waals surface area contributed by atoms with Crippen LogP contribution in [0, 0.1) is 5.82 Å². The van der Waals surface area contributed by atoms with E-state index in [1.54, 1.807) is 6.07 Å². The van der Waals surface area contributed by atoms with E-state index in [1.807, 2.05) is 18.2 Å². The molecule has 0 aliphatic rings. The summed E-state index contributed by atoms with van der Waals surface area (Å²) in [6, 6.07) is 9.90. The Morgan fingerprint density at radius 2 is 2.00 bits per heavy atom. The number of ether oxygens (including phenoxy) is 1. The van der Waals surface area contributed by atoms with Gasteiger partial charge in [0.15, 0.2) is 0 Å². The van der Waals surface area contributed by atoms with Gasteiger partial charge in [0.25, 0.3) is 0 Å². The van der Waals surface area contributed by atoms with Gasteiger partial charge in [0.1, 0.15) is 18.2 Å². The van der Waals surface area contributed by atoms with Crippen LogP contribution in [0.25, 0.3) is 0 Å². The molecule has 2 N–H and O–H groups in total. The predicted molar refractivity (Wildman–Crippen MR) is 77.8 cm³/mol. The van der Waals surface area contributed by atoms with E-state index in [2.05, 4.69) is 15.9 Å². The number of rotatable bonds is 4. The monoisotopic (exact) mass is 343 g/mol. The maximum Gasteiger partial charge on any atom is 0.138 e. The highest BCUT2D eigenvalue weighted by molar-refractivity contribution is 9.10. The van der Waals surface area contributed by atoms with Gasteiger partial charge in [-0.15, -0.1) is 0 Å². The Balaban J connectivity index is 2.19. The molecule has 0 aliphatic heterocycles. The standard InChI is InChI=1S/C14H12BrClFNO/c15-12-3-1-2-9(7-18)14(12)19-8-10-4-5-11(17)6-13(10)16/h1-6H,7-8,18H2. The van der Waals surface area contributed by atoms with E-state index < -0.39 is 0 Å². The molecule has 2 aromatic rings. The third kappa shape index (κ3) is 3.47. The highest BCUT2D eigenvalue weighted by Crippen LogP contribution is 2.30. The van der Waals surface area contributed by atoms with E-state index >= 15 is 0 Å². The van der Waals surface area contributed by atoms with Crippen molar-refractivity contribution in [1.82, 2.24) is 0 Å². The van der Waals surface area contributed by atoms with Gasteiger partial charge >= 0.3 is 0 Å². The molecule has 100 valence electrons. The van der Waals surface area contributed by atoms with Gasteiger partial charge in [0.05, 0.1) is 9.50 Å². The molecule has 0 bridgehead atoms. The minimum Gasteiger partial charge on any atom is -0.487 e. The largest absolute Gasteiger partial charge is 0.487 e. The van der Waals surface area contributed by atoms with Crippen molar-refractivity contribution >= 4 is 27.5 Å². The van der Waals surface area contributed by atoms with Crippen LogP contribution in [0.4, 0.5) is 4.39 Å². The Bertz CT molecular complexity index is 592. The van der Waals surface area contributed by atoms with Crippen molar-refractivity contribution < 1.29 is 9.13 Å². The van der Waals surface area contributed by atoms with Crippen LogP contribution in [-0.2, 0) is 13.2 Å². The van der Waals surface area contributed by atoms with E-state index in [1.165, 1.54) is 12.1 Å². The van der Waals surface area contributed by atoms with Crippen molar-refractivity contribution in [1.29, 1.82) is 0 Å².